The van der Waals surface area contributed by atoms with Crippen molar-refractivity contribution in [2.24, 2.45) is 5.10 Å². The van der Waals surface area contributed by atoms with E-state index in [1.807, 2.05) is 36.2 Å². The lowest BCUT2D eigenvalue weighted by Gasteiger charge is -2.21. The van der Waals surface area contributed by atoms with E-state index < -0.39 is 0 Å². The molecule has 1 atom stereocenters. The molecule has 0 amide bonds. The molecule has 0 radical (unpaired) electrons. The van der Waals surface area contributed by atoms with Gasteiger partial charge in [-0.3, -0.25) is 0 Å². The molecule has 0 bridgehead atoms. The minimum absolute atomic E-state index is 0.0900. The van der Waals surface area contributed by atoms with Gasteiger partial charge in [0.25, 0.3) is 0 Å². The third-order valence-corrected chi connectivity index (χ3v) is 5.77. The molecule has 0 saturated carbocycles. The molecular formula is C21H23N5O2S. The summed E-state index contributed by atoms with van der Waals surface area (Å²) < 4.78 is 11.1. The quantitative estimate of drug-likeness (QED) is 0.662. The molecule has 2 aromatic carbocycles. The number of rotatable bonds is 4. The van der Waals surface area contributed by atoms with Crippen LogP contribution in [0, 0.1) is 6.92 Å². The van der Waals surface area contributed by atoms with E-state index in [9.17, 15) is 0 Å². The fourth-order valence-corrected chi connectivity index (χ4v) is 4.12. The van der Waals surface area contributed by atoms with Gasteiger partial charge in [-0.25, -0.2) is 5.01 Å². The number of nitrogen functional groups attached to an aromatic ring is 1. The SMILES string of the molecule is COc1cc2c(cc1OC)C(c1ccc(N)c(C)c1)=NN(c1nncs1)[C@H](C)C2. The molecule has 0 spiro atoms. The van der Waals surface area contributed by atoms with E-state index in [0.717, 1.165) is 45.2 Å². The van der Waals surface area contributed by atoms with Crippen molar-refractivity contribution in [1.82, 2.24) is 10.2 Å². The van der Waals surface area contributed by atoms with Crippen LogP contribution in [-0.4, -0.2) is 36.2 Å². The topological polar surface area (TPSA) is 85.9 Å². The summed E-state index contributed by atoms with van der Waals surface area (Å²) in [4.78, 5) is 0. The molecule has 1 aromatic heterocycles. The van der Waals surface area contributed by atoms with Crippen LogP contribution in [0.4, 0.5) is 10.8 Å². The van der Waals surface area contributed by atoms with Crippen LogP contribution in [0.5, 0.6) is 11.5 Å². The Bertz CT molecular complexity index is 1070. The predicted molar refractivity (Wildman–Crippen MR) is 116 cm³/mol. The highest BCUT2D eigenvalue weighted by molar-refractivity contribution is 7.13. The Morgan fingerprint density at radius 1 is 1.14 bits per heavy atom. The molecule has 0 fully saturated rings. The number of nitrogens with two attached hydrogens (primary N) is 1. The van der Waals surface area contributed by atoms with E-state index in [2.05, 4.69) is 23.2 Å². The van der Waals surface area contributed by atoms with E-state index in [1.54, 1.807) is 19.7 Å². The van der Waals surface area contributed by atoms with Crippen molar-refractivity contribution in [2.75, 3.05) is 25.0 Å². The lowest BCUT2D eigenvalue weighted by atomic mass is 9.93. The maximum absolute atomic E-state index is 6.05. The fraction of sp³-hybridized carbons (Fsp3) is 0.286. The molecular weight excluding hydrogens is 386 g/mol. The van der Waals surface area contributed by atoms with Gasteiger partial charge in [-0.15, -0.1) is 10.2 Å². The van der Waals surface area contributed by atoms with Crippen LogP contribution in [0.15, 0.2) is 40.9 Å². The van der Waals surface area contributed by atoms with Crippen molar-refractivity contribution in [3.05, 3.63) is 58.1 Å². The number of aryl methyl sites for hydroxylation is 1. The van der Waals surface area contributed by atoms with Crippen LogP contribution in [-0.2, 0) is 6.42 Å². The number of fused-ring (bicyclic) bond motifs is 1. The molecule has 2 N–H and O–H groups in total. The van der Waals surface area contributed by atoms with Crippen molar-refractivity contribution >= 4 is 27.9 Å². The smallest absolute Gasteiger partial charge is 0.228 e. The zero-order valence-electron chi connectivity index (χ0n) is 16.8. The number of benzene rings is 2. The Kier molecular flexibility index (Phi) is 5.10. The molecule has 1 aliphatic heterocycles. The second-order valence-electron chi connectivity index (χ2n) is 7.00. The molecule has 2 heterocycles. The molecule has 29 heavy (non-hydrogen) atoms. The fourth-order valence-electron chi connectivity index (χ4n) is 3.51. The molecule has 0 aliphatic carbocycles. The minimum atomic E-state index is 0.0900. The highest BCUT2D eigenvalue weighted by Crippen LogP contribution is 2.36. The van der Waals surface area contributed by atoms with Crippen molar-refractivity contribution in [2.45, 2.75) is 26.3 Å². The molecule has 4 rings (SSSR count). The first kappa shape index (κ1) is 19.2. The highest BCUT2D eigenvalue weighted by Gasteiger charge is 2.27. The Labute approximate surface area is 173 Å². The zero-order chi connectivity index (χ0) is 20.5. The molecule has 150 valence electrons. The van der Waals surface area contributed by atoms with E-state index >= 15 is 0 Å². The number of hydrogen-bond acceptors (Lipinski definition) is 8. The average molecular weight is 410 g/mol. The zero-order valence-corrected chi connectivity index (χ0v) is 17.7. The number of hydrazone groups is 1. The molecule has 8 heteroatoms. The summed E-state index contributed by atoms with van der Waals surface area (Å²) in [6, 6.07) is 10.1. The molecule has 0 saturated heterocycles. The summed E-state index contributed by atoms with van der Waals surface area (Å²) in [7, 11) is 3.29. The Balaban J connectivity index is 1.96. The first-order valence-electron chi connectivity index (χ1n) is 9.27. The minimum Gasteiger partial charge on any atom is -0.493 e. The number of anilines is 2. The average Bonchev–Trinajstić information content (AvgIpc) is 3.20. The summed E-state index contributed by atoms with van der Waals surface area (Å²) in [5, 5.41) is 16.0. The highest BCUT2D eigenvalue weighted by atomic mass is 32.1. The first-order valence-corrected chi connectivity index (χ1v) is 10.2. The summed E-state index contributed by atoms with van der Waals surface area (Å²) >= 11 is 1.47. The van der Waals surface area contributed by atoms with Gasteiger partial charge in [-0.2, -0.15) is 5.10 Å². The van der Waals surface area contributed by atoms with Crippen LogP contribution in [0.1, 0.15) is 29.2 Å². The normalized spacial score (nSPS) is 16.1. The molecule has 1 aliphatic rings. The molecule has 0 unspecified atom stereocenters. The maximum Gasteiger partial charge on any atom is 0.228 e. The Hall–Kier alpha value is -3.13. The summed E-state index contributed by atoms with van der Waals surface area (Å²) in [5.74, 6) is 1.37. The lowest BCUT2D eigenvalue weighted by Crippen LogP contribution is -2.29. The van der Waals surface area contributed by atoms with Gasteiger partial charge >= 0.3 is 0 Å². The van der Waals surface area contributed by atoms with Gasteiger partial charge in [-0.05, 0) is 55.7 Å². The van der Waals surface area contributed by atoms with Crippen molar-refractivity contribution in [3.63, 3.8) is 0 Å². The van der Waals surface area contributed by atoms with E-state index in [1.165, 1.54) is 11.3 Å². The van der Waals surface area contributed by atoms with Gasteiger partial charge in [0.05, 0.1) is 26.0 Å². The van der Waals surface area contributed by atoms with Gasteiger partial charge in [0, 0.05) is 16.8 Å². The van der Waals surface area contributed by atoms with Gasteiger partial charge in [0.1, 0.15) is 5.51 Å². The third kappa shape index (κ3) is 3.51. The predicted octanol–water partition coefficient (Wildman–Crippen LogP) is 3.65. The van der Waals surface area contributed by atoms with Crippen LogP contribution < -0.4 is 20.2 Å². The second kappa shape index (κ2) is 7.71. The Morgan fingerprint density at radius 2 is 1.90 bits per heavy atom. The lowest BCUT2D eigenvalue weighted by molar-refractivity contribution is 0.354. The largest absolute Gasteiger partial charge is 0.493 e. The number of methoxy groups -OCH3 is 2. The summed E-state index contributed by atoms with van der Waals surface area (Å²) in [5.41, 5.74) is 13.5. The van der Waals surface area contributed by atoms with Gasteiger partial charge < -0.3 is 15.2 Å². The van der Waals surface area contributed by atoms with Gasteiger partial charge in [0.15, 0.2) is 11.5 Å². The second-order valence-corrected chi connectivity index (χ2v) is 7.82. The number of ether oxygens (including phenoxy) is 2. The summed E-state index contributed by atoms with van der Waals surface area (Å²) in [6.07, 6.45) is 0.774. The number of aromatic nitrogens is 2. The Morgan fingerprint density at radius 3 is 2.55 bits per heavy atom. The van der Waals surface area contributed by atoms with Crippen molar-refractivity contribution in [1.29, 1.82) is 0 Å². The van der Waals surface area contributed by atoms with E-state index in [-0.39, 0.29) is 6.04 Å². The van der Waals surface area contributed by atoms with E-state index in [4.69, 9.17) is 20.3 Å². The van der Waals surface area contributed by atoms with Gasteiger partial charge in [-0.1, -0.05) is 17.4 Å². The standard InChI is InChI=1S/C21H23N5O2S/c1-12-7-14(5-6-17(12)22)20-16-10-19(28-4)18(27-3)9-15(16)8-13(2)26(25-20)21-24-23-11-29-21/h5-7,9-11,13H,8,22H2,1-4H3/t13-/m1/s1. The maximum atomic E-state index is 6.05. The molecule has 3 aromatic rings. The van der Waals surface area contributed by atoms with Crippen LogP contribution in [0.3, 0.4) is 0 Å². The number of nitrogens with zero attached hydrogens (tertiary/aromatic N) is 4. The van der Waals surface area contributed by atoms with Crippen LogP contribution in [0.25, 0.3) is 0 Å². The van der Waals surface area contributed by atoms with Crippen molar-refractivity contribution < 1.29 is 9.47 Å². The van der Waals surface area contributed by atoms with Crippen molar-refractivity contribution in [3.8, 4) is 11.5 Å². The van der Waals surface area contributed by atoms with E-state index in [0.29, 0.717) is 11.5 Å². The summed E-state index contributed by atoms with van der Waals surface area (Å²) in [6.45, 7) is 4.12. The third-order valence-electron chi connectivity index (χ3n) is 5.09. The first-order chi connectivity index (χ1) is 14.0. The monoisotopic (exact) mass is 409 g/mol. The number of hydrogen-bond donors (Lipinski definition) is 1. The molecule has 7 nitrogen and oxygen atoms in total. The van der Waals surface area contributed by atoms with Gasteiger partial charge in [0.2, 0.25) is 5.13 Å². The van der Waals surface area contributed by atoms with Crippen LogP contribution in [0.2, 0.25) is 0 Å². The van der Waals surface area contributed by atoms with Crippen LogP contribution >= 0.6 is 11.3 Å².